The van der Waals surface area contributed by atoms with Crippen LogP contribution in [0.15, 0.2) is 0 Å². The van der Waals surface area contributed by atoms with E-state index in [9.17, 15) is 51.1 Å². The Labute approximate surface area is 242 Å². The largest absolute Gasteiger partial charge is 0.394 e. The van der Waals surface area contributed by atoms with Crippen molar-refractivity contribution in [2.45, 2.75) is 130 Å². The van der Waals surface area contributed by atoms with Gasteiger partial charge in [0.25, 0.3) is 0 Å². The molecule has 242 valence electrons. The third-order valence-corrected chi connectivity index (χ3v) is 8.83. The van der Waals surface area contributed by atoms with Crippen LogP contribution in [0.3, 0.4) is 0 Å². The molecule has 3 fully saturated rings. The van der Waals surface area contributed by atoms with Crippen LogP contribution >= 0.6 is 11.8 Å². The molecule has 3 saturated heterocycles. The maximum absolute atomic E-state index is 11.1. The topological polar surface area (TPSA) is 248 Å². The summed E-state index contributed by atoms with van der Waals surface area (Å²) in [6.07, 6.45) is -16.4. The molecule has 41 heavy (non-hydrogen) atoms. The highest BCUT2D eigenvalue weighted by Gasteiger charge is 2.51. The first-order valence-corrected chi connectivity index (χ1v) is 15.1. The monoisotopic (exact) mass is 618 g/mol. The van der Waals surface area contributed by atoms with Gasteiger partial charge >= 0.3 is 0 Å². The second kappa shape index (κ2) is 16.7. The summed E-state index contributed by atoms with van der Waals surface area (Å²) in [6, 6.07) is 0. The highest BCUT2D eigenvalue weighted by atomic mass is 32.2. The summed E-state index contributed by atoms with van der Waals surface area (Å²) in [7, 11) is 0. The van der Waals surface area contributed by atoms with Gasteiger partial charge in [0.15, 0.2) is 12.6 Å². The molecule has 0 saturated carbocycles. The van der Waals surface area contributed by atoms with Crippen LogP contribution in [0, 0.1) is 0 Å². The SMILES string of the molecule is CCCCCCCS[C@@H]1O[C@H](CO[C@H]2O[C@H](CO)[C@@H](O)[C@H](O)[C@@H]2O)[C@@H](O)[C@H](O[C@H]2O[C@H](CO)[C@@H](O)[C@H](O)[C@@H]2O)[C@@H]1O. The van der Waals surface area contributed by atoms with Crippen molar-refractivity contribution in [1.29, 1.82) is 0 Å². The third kappa shape index (κ3) is 8.69. The summed E-state index contributed by atoms with van der Waals surface area (Å²) in [4.78, 5) is 0. The molecular weight excluding hydrogens is 572 g/mol. The minimum absolute atomic E-state index is 0.446. The molecule has 0 spiro atoms. The lowest BCUT2D eigenvalue weighted by Gasteiger charge is -2.46. The molecular formula is C25H46O15S. The Balaban J connectivity index is 1.71. The van der Waals surface area contributed by atoms with Crippen molar-refractivity contribution in [3.05, 3.63) is 0 Å². The van der Waals surface area contributed by atoms with Crippen LogP contribution in [0.4, 0.5) is 0 Å². The summed E-state index contributed by atoms with van der Waals surface area (Å²) < 4.78 is 27.9. The summed E-state index contributed by atoms with van der Waals surface area (Å²) in [5, 5.41) is 102. The zero-order chi connectivity index (χ0) is 30.3. The molecule has 3 aliphatic rings. The lowest BCUT2D eigenvalue weighted by Crippen LogP contribution is -2.64. The Morgan fingerprint density at radius 2 is 1.15 bits per heavy atom. The number of thioether (sulfide) groups is 1. The Bertz CT molecular complexity index is 750. The van der Waals surface area contributed by atoms with Gasteiger partial charge in [0.1, 0.15) is 78.7 Å². The zero-order valence-electron chi connectivity index (χ0n) is 22.9. The smallest absolute Gasteiger partial charge is 0.187 e. The van der Waals surface area contributed by atoms with Crippen molar-refractivity contribution < 1.29 is 74.7 Å². The fourth-order valence-electron chi connectivity index (χ4n) is 4.97. The summed E-state index contributed by atoms with van der Waals surface area (Å²) in [6.45, 7) is 0.300. The van der Waals surface area contributed by atoms with E-state index in [0.717, 1.165) is 32.1 Å². The van der Waals surface area contributed by atoms with Crippen LogP contribution in [-0.4, -0.2) is 168 Å². The van der Waals surface area contributed by atoms with Gasteiger partial charge in [0, 0.05) is 0 Å². The lowest BCUT2D eigenvalue weighted by molar-refractivity contribution is -0.342. The lowest BCUT2D eigenvalue weighted by atomic mass is 9.97. The van der Waals surface area contributed by atoms with Crippen molar-refractivity contribution in [1.82, 2.24) is 0 Å². The second-order valence-corrected chi connectivity index (χ2v) is 11.8. The van der Waals surface area contributed by atoms with Crippen LogP contribution in [0.2, 0.25) is 0 Å². The minimum Gasteiger partial charge on any atom is -0.394 e. The highest BCUT2D eigenvalue weighted by molar-refractivity contribution is 7.99. The number of ether oxygens (including phenoxy) is 5. The predicted octanol–water partition coefficient (Wildman–Crippen LogP) is -3.86. The molecule has 15 atom stereocenters. The first kappa shape index (κ1) is 35.2. The zero-order valence-corrected chi connectivity index (χ0v) is 23.8. The van der Waals surface area contributed by atoms with Crippen molar-refractivity contribution in [3.8, 4) is 0 Å². The van der Waals surface area contributed by atoms with Crippen molar-refractivity contribution in [3.63, 3.8) is 0 Å². The molecule has 0 radical (unpaired) electrons. The summed E-state index contributed by atoms with van der Waals surface area (Å²) in [5.41, 5.74) is -0.942. The summed E-state index contributed by atoms with van der Waals surface area (Å²) in [5.74, 6) is 0.606. The van der Waals surface area contributed by atoms with Crippen LogP contribution < -0.4 is 0 Å². The molecule has 3 heterocycles. The normalized spacial score (nSPS) is 45.6. The molecule has 10 N–H and O–H groups in total. The Kier molecular flexibility index (Phi) is 14.4. The number of aliphatic hydroxyl groups excluding tert-OH is 10. The van der Waals surface area contributed by atoms with E-state index in [0.29, 0.717) is 5.75 Å². The first-order valence-electron chi connectivity index (χ1n) is 14.1. The van der Waals surface area contributed by atoms with E-state index < -0.39 is 111 Å². The van der Waals surface area contributed by atoms with Crippen LogP contribution in [0.25, 0.3) is 0 Å². The molecule has 0 aromatic rings. The van der Waals surface area contributed by atoms with Gasteiger partial charge in [0.2, 0.25) is 0 Å². The Morgan fingerprint density at radius 1 is 0.585 bits per heavy atom. The molecule has 0 amide bonds. The van der Waals surface area contributed by atoms with Crippen LogP contribution in [-0.2, 0) is 23.7 Å². The van der Waals surface area contributed by atoms with E-state index in [1.54, 1.807) is 0 Å². The van der Waals surface area contributed by atoms with Crippen molar-refractivity contribution in [2.24, 2.45) is 0 Å². The quantitative estimate of drug-likeness (QED) is 0.0837. The third-order valence-electron chi connectivity index (χ3n) is 7.58. The Hall–Kier alpha value is -0.250. The van der Waals surface area contributed by atoms with E-state index in [1.807, 2.05) is 0 Å². The average molecular weight is 619 g/mol. The molecule has 3 rings (SSSR count). The number of unbranched alkanes of at least 4 members (excludes halogenated alkanes) is 4. The van der Waals surface area contributed by atoms with Gasteiger partial charge in [-0.25, -0.2) is 0 Å². The maximum Gasteiger partial charge on any atom is 0.187 e. The molecule has 15 nitrogen and oxygen atoms in total. The van der Waals surface area contributed by atoms with Gasteiger partial charge in [-0.2, -0.15) is 0 Å². The maximum atomic E-state index is 11.1. The molecule has 0 unspecified atom stereocenters. The molecule has 0 aliphatic carbocycles. The van der Waals surface area contributed by atoms with Gasteiger partial charge in [0.05, 0.1) is 19.8 Å². The van der Waals surface area contributed by atoms with E-state index >= 15 is 0 Å². The average Bonchev–Trinajstić information content (AvgIpc) is 2.97. The van der Waals surface area contributed by atoms with Gasteiger partial charge in [-0.05, 0) is 12.2 Å². The van der Waals surface area contributed by atoms with Gasteiger partial charge in [-0.15, -0.1) is 11.8 Å². The van der Waals surface area contributed by atoms with Crippen molar-refractivity contribution in [2.75, 3.05) is 25.6 Å². The van der Waals surface area contributed by atoms with Gasteiger partial charge < -0.3 is 74.7 Å². The minimum atomic E-state index is -1.77. The molecule has 0 aromatic heterocycles. The fourth-order valence-corrected chi connectivity index (χ4v) is 6.15. The second-order valence-electron chi connectivity index (χ2n) is 10.6. The molecule has 16 heteroatoms. The Morgan fingerprint density at radius 3 is 1.73 bits per heavy atom. The number of rotatable bonds is 14. The van der Waals surface area contributed by atoms with E-state index in [1.165, 1.54) is 11.8 Å². The van der Waals surface area contributed by atoms with E-state index in [4.69, 9.17) is 23.7 Å². The van der Waals surface area contributed by atoms with Gasteiger partial charge in [-0.3, -0.25) is 0 Å². The van der Waals surface area contributed by atoms with Crippen LogP contribution in [0.1, 0.15) is 39.0 Å². The predicted molar refractivity (Wildman–Crippen MR) is 140 cm³/mol. The molecule has 0 bridgehead atoms. The number of hydrogen-bond donors (Lipinski definition) is 10. The van der Waals surface area contributed by atoms with Crippen molar-refractivity contribution >= 4 is 11.8 Å². The fraction of sp³-hybridized carbons (Fsp3) is 1.00. The molecule has 0 aromatic carbocycles. The number of aliphatic hydroxyl groups is 10. The summed E-state index contributed by atoms with van der Waals surface area (Å²) >= 11 is 1.27. The first-order chi connectivity index (χ1) is 19.5. The standard InChI is InChI=1S/C25H46O15S/c1-2-3-4-5-6-7-41-25-21(35)22(40-24-20(34)18(32)15(29)12(9-27)38-24)16(30)13(39-25)10-36-23-19(33)17(31)14(28)11(8-26)37-23/h11-35H,2-10H2,1H3/t11-,12-,13-,14-,15-,16-,17+,18+,19+,20+,21+,22+,23+,24-,25+/m1/s1. The van der Waals surface area contributed by atoms with E-state index in [-0.39, 0.29) is 0 Å². The van der Waals surface area contributed by atoms with E-state index in [2.05, 4.69) is 6.92 Å². The van der Waals surface area contributed by atoms with Gasteiger partial charge in [-0.1, -0.05) is 32.6 Å². The van der Waals surface area contributed by atoms with Crippen LogP contribution in [0.5, 0.6) is 0 Å². The molecule has 3 aliphatic heterocycles. The highest BCUT2D eigenvalue weighted by Crippen LogP contribution is 2.34. The number of hydrogen-bond acceptors (Lipinski definition) is 16.